The Hall–Kier alpha value is -5.18. The first-order valence-electron chi connectivity index (χ1n) is 20.4. The molecule has 14 heteroatoms. The summed E-state index contributed by atoms with van der Waals surface area (Å²) in [6, 6.07) is 27.3. The fraction of sp³-hybridized carbons (Fsp3) is 0.522. The van der Waals surface area contributed by atoms with E-state index in [1.807, 2.05) is 78.9 Å². The van der Waals surface area contributed by atoms with E-state index in [0.29, 0.717) is 25.2 Å². The lowest BCUT2D eigenvalue weighted by Crippen LogP contribution is -2.48. The van der Waals surface area contributed by atoms with Crippen LogP contribution in [0.5, 0.6) is 5.75 Å². The second-order valence-electron chi connectivity index (χ2n) is 17.0. The first-order chi connectivity index (χ1) is 28.4. The third-order valence-electron chi connectivity index (χ3n) is 9.38. The summed E-state index contributed by atoms with van der Waals surface area (Å²) in [6.07, 6.45) is -2.77. The van der Waals surface area contributed by atoms with Crippen LogP contribution in [0.4, 0.5) is 9.59 Å². The second kappa shape index (κ2) is 22.4. The Morgan fingerprint density at radius 1 is 0.617 bits per heavy atom. The van der Waals surface area contributed by atoms with Crippen LogP contribution in [0.1, 0.15) is 66.5 Å². The number of aliphatic hydroxyl groups excluding tert-OH is 1. The van der Waals surface area contributed by atoms with Crippen LogP contribution in [0.15, 0.2) is 91.0 Å². The summed E-state index contributed by atoms with van der Waals surface area (Å²) in [6.45, 7) is 14.4. The van der Waals surface area contributed by atoms with E-state index in [1.54, 1.807) is 55.4 Å². The number of hydrogen-bond acceptors (Lipinski definition) is 12. The summed E-state index contributed by atoms with van der Waals surface area (Å²) >= 11 is 0. The summed E-state index contributed by atoms with van der Waals surface area (Å²) in [5, 5.41) is 15.6. The Morgan fingerprint density at radius 2 is 1.02 bits per heavy atom. The van der Waals surface area contributed by atoms with Crippen LogP contribution in [0.3, 0.4) is 0 Å². The van der Waals surface area contributed by atoms with Crippen LogP contribution >= 0.6 is 0 Å². The van der Waals surface area contributed by atoms with Gasteiger partial charge in [0.1, 0.15) is 35.3 Å². The SMILES string of the molecule is C[C@@H]1OC(=O)[C@@H](NC(=O)OC(C)(C)C)COC[C@H](Cc2ccccc2)[C@H]1O.C[C@@H]1OC(=O)[C@@H](NC(=O)OC(C)(C)C)COC[C@H](Cc2ccccc2)[C@H]1Oc1ccccc1. The van der Waals surface area contributed by atoms with Gasteiger partial charge in [0.05, 0.1) is 32.5 Å². The summed E-state index contributed by atoms with van der Waals surface area (Å²) in [4.78, 5) is 49.4. The maximum Gasteiger partial charge on any atom is 0.408 e. The monoisotopic (exact) mass is 834 g/mol. The molecule has 2 aliphatic rings. The van der Waals surface area contributed by atoms with Gasteiger partial charge in [-0.2, -0.15) is 0 Å². The molecule has 60 heavy (non-hydrogen) atoms. The van der Waals surface area contributed by atoms with Crippen molar-refractivity contribution in [1.29, 1.82) is 0 Å². The molecule has 0 saturated carbocycles. The molecule has 0 spiro atoms. The number of cyclic esters (lactones) is 2. The number of para-hydroxylation sites is 1. The normalized spacial score (nSPS) is 25.3. The second-order valence-corrected chi connectivity index (χ2v) is 17.0. The number of amides is 2. The molecule has 2 amide bonds. The van der Waals surface area contributed by atoms with E-state index < -0.39 is 71.8 Å². The van der Waals surface area contributed by atoms with Crippen LogP contribution in [0, 0.1) is 11.8 Å². The highest BCUT2D eigenvalue weighted by molar-refractivity contribution is 5.82. The van der Waals surface area contributed by atoms with Gasteiger partial charge in [0.15, 0.2) is 12.1 Å². The highest BCUT2D eigenvalue weighted by Gasteiger charge is 2.37. The van der Waals surface area contributed by atoms with Gasteiger partial charge in [0.25, 0.3) is 0 Å². The molecule has 3 N–H and O–H groups in total. The van der Waals surface area contributed by atoms with E-state index in [2.05, 4.69) is 22.8 Å². The lowest BCUT2D eigenvalue weighted by molar-refractivity contribution is -0.157. The van der Waals surface area contributed by atoms with E-state index in [1.165, 1.54) is 0 Å². The summed E-state index contributed by atoms with van der Waals surface area (Å²) < 4.78 is 39.4. The van der Waals surface area contributed by atoms with Crippen molar-refractivity contribution in [2.24, 2.45) is 11.8 Å². The van der Waals surface area contributed by atoms with Gasteiger partial charge in [-0.3, -0.25) is 0 Å². The molecule has 0 aromatic heterocycles. The van der Waals surface area contributed by atoms with Crippen LogP contribution in [0.25, 0.3) is 0 Å². The van der Waals surface area contributed by atoms with Crippen LogP contribution in [-0.2, 0) is 50.9 Å². The zero-order valence-electron chi connectivity index (χ0n) is 36.0. The van der Waals surface area contributed by atoms with Gasteiger partial charge in [-0.05, 0) is 91.5 Å². The average molecular weight is 835 g/mol. The van der Waals surface area contributed by atoms with E-state index in [-0.39, 0.29) is 31.7 Å². The Bertz CT molecular complexity index is 1780. The number of aliphatic hydroxyl groups is 1. The molecular weight excluding hydrogens is 773 g/mol. The fourth-order valence-corrected chi connectivity index (χ4v) is 6.58. The molecule has 14 nitrogen and oxygen atoms in total. The third kappa shape index (κ3) is 16.5. The van der Waals surface area contributed by atoms with Gasteiger partial charge in [-0.25, -0.2) is 19.2 Å². The summed E-state index contributed by atoms with van der Waals surface area (Å²) in [5.74, 6) is -0.888. The Kier molecular flexibility index (Phi) is 17.8. The Labute approximate surface area is 353 Å². The quantitative estimate of drug-likeness (QED) is 0.173. The number of ether oxygens (including phenoxy) is 7. The van der Waals surface area contributed by atoms with Crippen molar-refractivity contribution in [3.63, 3.8) is 0 Å². The Balaban J connectivity index is 0.000000270. The van der Waals surface area contributed by atoms with Crippen molar-refractivity contribution in [3.05, 3.63) is 102 Å². The maximum absolute atomic E-state index is 12.9. The average Bonchev–Trinajstić information content (AvgIpc) is 3.25. The van der Waals surface area contributed by atoms with Crippen molar-refractivity contribution in [1.82, 2.24) is 10.6 Å². The number of rotatable bonds is 8. The molecule has 8 atom stereocenters. The van der Waals surface area contributed by atoms with Gasteiger partial charge < -0.3 is 48.9 Å². The minimum absolute atomic E-state index is 0.0197. The maximum atomic E-state index is 12.9. The topological polar surface area (TPSA) is 177 Å². The molecule has 2 fully saturated rings. The molecule has 0 bridgehead atoms. The van der Waals surface area contributed by atoms with Gasteiger partial charge in [0, 0.05) is 11.8 Å². The minimum Gasteiger partial charge on any atom is -0.486 e. The number of carbonyl (C=O) groups excluding carboxylic acids is 4. The molecule has 2 heterocycles. The molecule has 0 radical (unpaired) electrons. The van der Waals surface area contributed by atoms with Crippen molar-refractivity contribution < 1.29 is 57.4 Å². The molecule has 0 aliphatic carbocycles. The molecule has 328 valence electrons. The first kappa shape index (κ1) is 47.5. The lowest BCUT2D eigenvalue weighted by Gasteiger charge is -2.31. The fourth-order valence-electron chi connectivity index (χ4n) is 6.58. The third-order valence-corrected chi connectivity index (χ3v) is 9.38. The molecule has 3 aromatic carbocycles. The van der Waals surface area contributed by atoms with Crippen LogP contribution in [0.2, 0.25) is 0 Å². The number of benzene rings is 3. The zero-order chi connectivity index (χ0) is 43.9. The molecule has 0 unspecified atom stereocenters. The van der Waals surface area contributed by atoms with Crippen LogP contribution in [-0.4, -0.2) is 103 Å². The summed E-state index contributed by atoms with van der Waals surface area (Å²) in [7, 11) is 0. The van der Waals surface area contributed by atoms with Crippen LogP contribution < -0.4 is 15.4 Å². The van der Waals surface area contributed by atoms with Gasteiger partial charge in [-0.1, -0.05) is 78.9 Å². The zero-order valence-corrected chi connectivity index (χ0v) is 36.0. The largest absolute Gasteiger partial charge is 0.486 e. The van der Waals surface area contributed by atoms with Crippen molar-refractivity contribution in [2.75, 3.05) is 26.4 Å². The molecule has 2 saturated heterocycles. The Morgan fingerprint density at radius 3 is 1.47 bits per heavy atom. The molecule has 5 rings (SSSR count). The van der Waals surface area contributed by atoms with E-state index in [0.717, 1.165) is 11.1 Å². The lowest BCUT2D eigenvalue weighted by atomic mass is 9.91. The van der Waals surface area contributed by atoms with E-state index in [4.69, 9.17) is 33.2 Å². The number of carbonyl (C=O) groups is 4. The summed E-state index contributed by atoms with van der Waals surface area (Å²) in [5.41, 5.74) is 0.827. The van der Waals surface area contributed by atoms with E-state index >= 15 is 0 Å². The van der Waals surface area contributed by atoms with Crippen molar-refractivity contribution >= 4 is 24.1 Å². The van der Waals surface area contributed by atoms with E-state index in [9.17, 15) is 24.3 Å². The molecule has 3 aromatic rings. The van der Waals surface area contributed by atoms with Gasteiger partial charge in [-0.15, -0.1) is 0 Å². The van der Waals surface area contributed by atoms with Crippen molar-refractivity contribution in [2.45, 2.75) is 116 Å². The minimum atomic E-state index is -0.995. The number of alkyl carbamates (subject to hydrolysis) is 2. The highest BCUT2D eigenvalue weighted by atomic mass is 16.6. The predicted molar refractivity (Wildman–Crippen MR) is 223 cm³/mol. The highest BCUT2D eigenvalue weighted by Crippen LogP contribution is 2.25. The number of hydrogen-bond donors (Lipinski definition) is 3. The number of esters is 2. The van der Waals surface area contributed by atoms with Gasteiger partial charge in [0.2, 0.25) is 0 Å². The van der Waals surface area contributed by atoms with Crippen molar-refractivity contribution in [3.8, 4) is 5.75 Å². The number of nitrogens with one attached hydrogen (secondary N) is 2. The smallest absolute Gasteiger partial charge is 0.408 e. The predicted octanol–water partition coefficient (Wildman–Crippen LogP) is 6.21. The first-order valence-corrected chi connectivity index (χ1v) is 20.4. The standard InChI is InChI=1S/C26H33NO6.C20H29NO6/c1-18-23(32-21-13-9-6-10-14-21)20(15-19-11-7-5-8-12-19)16-30-17-22(24(28)31-18)27-25(29)33-26(2,3)4;1-13-17(22)15(10-14-8-6-5-7-9-14)11-25-12-16(18(23)26-13)21-19(24)27-20(2,3)4/h5-14,18,20,22-23H,15-17H2,1-4H3,(H,27,29);5-9,13,15-17,22H,10-12H2,1-4H3,(H,21,24)/t18-,20-,22-,23-;13-,15-,16-,17-/m00/s1. The molecular formula is C46H62N2O12. The molecule has 2 aliphatic heterocycles. The van der Waals surface area contributed by atoms with Gasteiger partial charge >= 0.3 is 24.1 Å².